The normalized spacial score (nSPS) is 10.9. The van der Waals surface area contributed by atoms with E-state index in [0.29, 0.717) is 0 Å². The molecule has 0 atom stereocenters. The van der Waals surface area contributed by atoms with Crippen LogP contribution in [-0.4, -0.2) is 17.1 Å². The topological polar surface area (TPSA) is 37.9 Å². The van der Waals surface area contributed by atoms with Gasteiger partial charge in [-0.25, -0.2) is 4.98 Å². The number of nitrogens with one attached hydrogen (secondary N) is 1. The summed E-state index contributed by atoms with van der Waals surface area (Å²) in [6.45, 7) is 2.06. The number of hydrogen-bond donors (Lipinski definition) is 1. The highest BCUT2D eigenvalue weighted by molar-refractivity contribution is 9.10. The Morgan fingerprint density at radius 3 is 2.79 bits per heavy atom. The number of hydrogen-bond acceptors (Lipinski definition) is 2. The van der Waals surface area contributed by atoms with Crippen molar-refractivity contribution in [3.63, 3.8) is 0 Å². The first-order valence-electron chi connectivity index (χ1n) is 5.98. The molecule has 0 bridgehead atoms. The number of H-pyrrole nitrogens is 1. The van der Waals surface area contributed by atoms with E-state index in [1.807, 2.05) is 30.3 Å². The average molecular weight is 317 g/mol. The molecule has 0 saturated carbocycles. The number of aromatic amines is 1. The van der Waals surface area contributed by atoms with Crippen molar-refractivity contribution in [2.75, 3.05) is 7.11 Å². The number of fused-ring (bicyclic) bond motifs is 1. The van der Waals surface area contributed by atoms with Crippen molar-refractivity contribution in [3.05, 3.63) is 46.4 Å². The predicted octanol–water partition coefficient (Wildman–Crippen LogP) is 4.31. The molecule has 19 heavy (non-hydrogen) atoms. The van der Waals surface area contributed by atoms with Gasteiger partial charge < -0.3 is 9.72 Å². The van der Waals surface area contributed by atoms with Crippen LogP contribution in [0.1, 0.15) is 5.56 Å². The van der Waals surface area contributed by atoms with Crippen LogP contribution in [-0.2, 0) is 0 Å². The third-order valence-corrected chi connectivity index (χ3v) is 3.83. The van der Waals surface area contributed by atoms with Crippen LogP contribution in [0.5, 0.6) is 5.75 Å². The summed E-state index contributed by atoms with van der Waals surface area (Å²) in [4.78, 5) is 8.03. The molecular formula is C15H13BrN2O. The monoisotopic (exact) mass is 316 g/mol. The maximum absolute atomic E-state index is 5.27. The van der Waals surface area contributed by atoms with Gasteiger partial charge in [-0.15, -0.1) is 0 Å². The minimum absolute atomic E-state index is 0.815. The number of halogens is 1. The molecule has 0 fully saturated rings. The van der Waals surface area contributed by atoms with Gasteiger partial charge in [0.25, 0.3) is 0 Å². The summed E-state index contributed by atoms with van der Waals surface area (Å²) < 4.78 is 6.26. The highest BCUT2D eigenvalue weighted by atomic mass is 79.9. The van der Waals surface area contributed by atoms with E-state index in [1.54, 1.807) is 7.11 Å². The summed E-state index contributed by atoms with van der Waals surface area (Å²) in [6.07, 6.45) is 0. The highest BCUT2D eigenvalue weighted by Gasteiger charge is 2.10. The maximum atomic E-state index is 5.27. The molecule has 0 unspecified atom stereocenters. The largest absolute Gasteiger partial charge is 0.497 e. The van der Waals surface area contributed by atoms with Gasteiger partial charge in [-0.05, 0) is 36.8 Å². The van der Waals surface area contributed by atoms with Crippen LogP contribution in [0.2, 0.25) is 0 Å². The van der Waals surface area contributed by atoms with Crippen LogP contribution in [0.15, 0.2) is 40.9 Å². The average Bonchev–Trinajstić information content (AvgIpc) is 2.84. The van der Waals surface area contributed by atoms with E-state index < -0.39 is 0 Å². The van der Waals surface area contributed by atoms with Gasteiger partial charge in [0.2, 0.25) is 0 Å². The second kappa shape index (κ2) is 4.70. The lowest BCUT2D eigenvalue weighted by Gasteiger charge is -2.04. The summed E-state index contributed by atoms with van der Waals surface area (Å²) in [6, 6.07) is 12.0. The summed E-state index contributed by atoms with van der Waals surface area (Å²) in [5.41, 5.74) is 4.21. The molecule has 3 aromatic rings. The van der Waals surface area contributed by atoms with Crippen LogP contribution in [0.3, 0.4) is 0 Å². The van der Waals surface area contributed by atoms with Crippen molar-refractivity contribution in [2.45, 2.75) is 6.92 Å². The zero-order chi connectivity index (χ0) is 13.4. The molecule has 4 heteroatoms. The molecule has 2 aromatic carbocycles. The number of aryl methyl sites for hydroxylation is 1. The van der Waals surface area contributed by atoms with E-state index in [0.717, 1.165) is 32.6 Å². The first kappa shape index (κ1) is 12.2. The Morgan fingerprint density at radius 2 is 2.05 bits per heavy atom. The standard InChI is InChI=1S/C15H13BrN2O/c1-9-4-3-5-13-14(9)18-15(17-13)11-8-10(19-2)6-7-12(11)16/h3-8H,1-2H3,(H,17,18). The Balaban J connectivity index is 2.21. The van der Waals surface area contributed by atoms with E-state index in [4.69, 9.17) is 4.74 Å². The molecule has 0 aliphatic carbocycles. The minimum atomic E-state index is 0.815. The van der Waals surface area contributed by atoms with Crippen molar-refractivity contribution >= 4 is 27.0 Å². The van der Waals surface area contributed by atoms with Crippen LogP contribution in [0.4, 0.5) is 0 Å². The number of nitrogens with zero attached hydrogens (tertiary/aromatic N) is 1. The van der Waals surface area contributed by atoms with Gasteiger partial charge in [0.05, 0.1) is 18.1 Å². The SMILES string of the molecule is COc1ccc(Br)c(-c2nc3c(C)cccc3[nH]2)c1. The molecule has 96 valence electrons. The quantitative estimate of drug-likeness (QED) is 0.765. The van der Waals surface area contributed by atoms with Gasteiger partial charge in [0.1, 0.15) is 11.6 Å². The van der Waals surface area contributed by atoms with Crippen LogP contribution in [0, 0.1) is 6.92 Å². The molecule has 0 saturated heterocycles. The fourth-order valence-electron chi connectivity index (χ4n) is 2.12. The summed E-state index contributed by atoms with van der Waals surface area (Å²) in [5, 5.41) is 0. The maximum Gasteiger partial charge on any atom is 0.139 e. The molecule has 3 nitrogen and oxygen atoms in total. The highest BCUT2D eigenvalue weighted by Crippen LogP contribution is 2.31. The molecular weight excluding hydrogens is 304 g/mol. The van der Waals surface area contributed by atoms with E-state index >= 15 is 0 Å². The molecule has 1 N–H and O–H groups in total. The predicted molar refractivity (Wildman–Crippen MR) is 80.5 cm³/mol. The van der Waals surface area contributed by atoms with Crippen molar-refractivity contribution in [1.29, 1.82) is 0 Å². The molecule has 0 spiro atoms. The third-order valence-electron chi connectivity index (χ3n) is 3.14. The Hall–Kier alpha value is -1.81. The van der Waals surface area contributed by atoms with E-state index in [9.17, 15) is 0 Å². The number of aromatic nitrogens is 2. The lowest BCUT2D eigenvalue weighted by atomic mass is 10.2. The van der Waals surface area contributed by atoms with Gasteiger partial charge in [-0.1, -0.05) is 28.1 Å². The third kappa shape index (κ3) is 2.12. The van der Waals surface area contributed by atoms with Gasteiger partial charge in [-0.3, -0.25) is 0 Å². The molecule has 1 heterocycles. The first-order chi connectivity index (χ1) is 9.19. The molecule has 0 amide bonds. The Kier molecular flexibility index (Phi) is 3.03. The minimum Gasteiger partial charge on any atom is -0.497 e. The van der Waals surface area contributed by atoms with E-state index in [1.165, 1.54) is 5.56 Å². The summed E-state index contributed by atoms with van der Waals surface area (Å²) >= 11 is 3.56. The van der Waals surface area contributed by atoms with E-state index in [-0.39, 0.29) is 0 Å². The van der Waals surface area contributed by atoms with Crippen molar-refractivity contribution < 1.29 is 4.74 Å². The first-order valence-corrected chi connectivity index (χ1v) is 6.77. The second-order valence-electron chi connectivity index (χ2n) is 4.40. The lowest BCUT2D eigenvalue weighted by molar-refractivity contribution is 0.415. The van der Waals surface area contributed by atoms with Crippen molar-refractivity contribution in [1.82, 2.24) is 9.97 Å². The van der Waals surface area contributed by atoms with E-state index in [2.05, 4.69) is 38.9 Å². The molecule has 1 aromatic heterocycles. The number of methoxy groups -OCH3 is 1. The van der Waals surface area contributed by atoms with Crippen LogP contribution in [0.25, 0.3) is 22.4 Å². The Bertz CT molecular complexity index is 749. The molecule has 0 radical (unpaired) electrons. The summed E-state index contributed by atoms with van der Waals surface area (Å²) in [7, 11) is 1.66. The number of benzene rings is 2. The number of imidazole rings is 1. The zero-order valence-electron chi connectivity index (χ0n) is 10.7. The van der Waals surface area contributed by atoms with Gasteiger partial charge in [-0.2, -0.15) is 0 Å². The summed E-state index contributed by atoms with van der Waals surface area (Å²) in [5.74, 6) is 1.66. The van der Waals surface area contributed by atoms with Gasteiger partial charge in [0.15, 0.2) is 0 Å². The lowest BCUT2D eigenvalue weighted by Crippen LogP contribution is -1.86. The second-order valence-corrected chi connectivity index (χ2v) is 5.26. The number of rotatable bonds is 2. The zero-order valence-corrected chi connectivity index (χ0v) is 12.3. The molecule has 0 aliphatic heterocycles. The van der Waals surface area contributed by atoms with Crippen LogP contribution >= 0.6 is 15.9 Å². The van der Waals surface area contributed by atoms with Crippen LogP contribution < -0.4 is 4.74 Å². The fraction of sp³-hybridized carbons (Fsp3) is 0.133. The number of ether oxygens (including phenoxy) is 1. The molecule has 0 aliphatic rings. The Labute approximate surface area is 119 Å². The van der Waals surface area contributed by atoms with Gasteiger partial charge in [0, 0.05) is 10.0 Å². The van der Waals surface area contributed by atoms with Gasteiger partial charge >= 0.3 is 0 Å². The smallest absolute Gasteiger partial charge is 0.139 e. The van der Waals surface area contributed by atoms with Crippen molar-refractivity contribution in [2.24, 2.45) is 0 Å². The number of para-hydroxylation sites is 1. The molecule has 3 rings (SSSR count). The fourth-order valence-corrected chi connectivity index (χ4v) is 2.55. The van der Waals surface area contributed by atoms with Crippen molar-refractivity contribution in [3.8, 4) is 17.1 Å². The Morgan fingerprint density at radius 1 is 1.21 bits per heavy atom.